The third-order valence-corrected chi connectivity index (χ3v) is 2.63. The van der Waals surface area contributed by atoms with Gasteiger partial charge in [-0.25, -0.2) is 0 Å². The second kappa shape index (κ2) is 3.38. The molecule has 0 aliphatic carbocycles. The molecule has 1 aliphatic heterocycles. The summed E-state index contributed by atoms with van der Waals surface area (Å²) >= 11 is 5.80. The molecule has 13 heavy (non-hydrogen) atoms. The molecule has 1 aliphatic rings. The molecule has 0 saturated carbocycles. The molecular weight excluding hydrogens is 186 g/mol. The van der Waals surface area contributed by atoms with E-state index in [1.54, 1.807) is 0 Å². The highest BCUT2D eigenvalue weighted by atomic mass is 35.5. The third-order valence-electron chi connectivity index (χ3n) is 2.28. The highest BCUT2D eigenvalue weighted by molar-refractivity contribution is 6.27. The van der Waals surface area contributed by atoms with E-state index in [-0.39, 0.29) is 0 Å². The van der Waals surface area contributed by atoms with Crippen molar-refractivity contribution < 1.29 is 4.79 Å². The molecule has 1 aromatic carbocycles. The Labute approximate surface area is 81.9 Å². The van der Waals surface area contributed by atoms with Crippen LogP contribution in [0.1, 0.15) is 16.5 Å². The Morgan fingerprint density at radius 3 is 3.15 bits per heavy atom. The fraction of sp³-hybridized carbons (Fsp3) is 0.300. The standard InChI is InChI=1S/C10H10ClNO/c11-9(6-13)7-1-2-10-8(5-7)3-4-12-10/h1-2,5-6,9,12H,3-4H2. The normalized spacial score (nSPS) is 16.1. The van der Waals surface area contributed by atoms with E-state index < -0.39 is 5.38 Å². The van der Waals surface area contributed by atoms with Gasteiger partial charge in [-0.05, 0) is 23.6 Å². The van der Waals surface area contributed by atoms with Crippen LogP contribution in [-0.2, 0) is 11.2 Å². The lowest BCUT2D eigenvalue weighted by molar-refractivity contribution is -0.107. The molecular formula is C10H10ClNO. The van der Waals surface area contributed by atoms with E-state index in [4.69, 9.17) is 11.6 Å². The summed E-state index contributed by atoms with van der Waals surface area (Å²) in [5.41, 5.74) is 3.31. The van der Waals surface area contributed by atoms with Crippen LogP contribution in [0.2, 0.25) is 0 Å². The van der Waals surface area contributed by atoms with E-state index >= 15 is 0 Å². The molecule has 68 valence electrons. The molecule has 0 bridgehead atoms. The molecule has 0 fully saturated rings. The van der Waals surface area contributed by atoms with E-state index in [9.17, 15) is 4.79 Å². The SMILES string of the molecule is O=CC(Cl)c1ccc2c(c1)CCN2. The van der Waals surface area contributed by atoms with Gasteiger partial charge in [0.25, 0.3) is 0 Å². The molecule has 1 N–H and O–H groups in total. The summed E-state index contributed by atoms with van der Waals surface area (Å²) in [5, 5.41) is 2.74. The van der Waals surface area contributed by atoms with Gasteiger partial charge in [-0.15, -0.1) is 11.6 Å². The van der Waals surface area contributed by atoms with E-state index in [1.807, 2.05) is 18.2 Å². The van der Waals surface area contributed by atoms with Gasteiger partial charge in [0.2, 0.25) is 0 Å². The molecule has 2 rings (SSSR count). The van der Waals surface area contributed by atoms with Gasteiger partial charge in [0.05, 0.1) is 0 Å². The zero-order chi connectivity index (χ0) is 9.26. The quantitative estimate of drug-likeness (QED) is 0.579. The van der Waals surface area contributed by atoms with E-state index in [2.05, 4.69) is 5.32 Å². The summed E-state index contributed by atoms with van der Waals surface area (Å²) < 4.78 is 0. The molecule has 0 aromatic heterocycles. The number of fused-ring (bicyclic) bond motifs is 1. The molecule has 0 radical (unpaired) electrons. The van der Waals surface area contributed by atoms with Gasteiger partial charge in [0, 0.05) is 12.2 Å². The van der Waals surface area contributed by atoms with Crippen LogP contribution in [0.5, 0.6) is 0 Å². The fourth-order valence-corrected chi connectivity index (χ4v) is 1.71. The van der Waals surface area contributed by atoms with Gasteiger partial charge in [-0.3, -0.25) is 0 Å². The number of anilines is 1. The molecule has 0 saturated heterocycles. The average molecular weight is 196 g/mol. The van der Waals surface area contributed by atoms with Crippen LogP contribution in [0.4, 0.5) is 5.69 Å². The predicted molar refractivity (Wildman–Crippen MR) is 53.3 cm³/mol. The van der Waals surface area contributed by atoms with Crippen molar-refractivity contribution >= 4 is 23.6 Å². The molecule has 1 aromatic rings. The second-order valence-electron chi connectivity index (χ2n) is 3.13. The lowest BCUT2D eigenvalue weighted by Gasteiger charge is -2.04. The van der Waals surface area contributed by atoms with Crippen LogP contribution >= 0.6 is 11.6 Å². The predicted octanol–water partition coefficient (Wildman–Crippen LogP) is 2.13. The Morgan fingerprint density at radius 2 is 2.38 bits per heavy atom. The minimum Gasteiger partial charge on any atom is -0.384 e. The maximum Gasteiger partial charge on any atom is 0.142 e. The smallest absolute Gasteiger partial charge is 0.142 e. The molecule has 1 heterocycles. The lowest BCUT2D eigenvalue weighted by Crippen LogP contribution is -1.92. The highest BCUT2D eigenvalue weighted by Gasteiger charge is 2.13. The summed E-state index contributed by atoms with van der Waals surface area (Å²) in [6, 6.07) is 5.88. The monoisotopic (exact) mass is 195 g/mol. The Kier molecular flexibility index (Phi) is 2.23. The minimum absolute atomic E-state index is 0.508. The Bertz CT molecular complexity index is 338. The Balaban J connectivity index is 2.35. The lowest BCUT2D eigenvalue weighted by atomic mass is 10.1. The summed E-state index contributed by atoms with van der Waals surface area (Å²) in [4.78, 5) is 10.5. The van der Waals surface area contributed by atoms with E-state index in [0.29, 0.717) is 0 Å². The number of alkyl halides is 1. The zero-order valence-electron chi connectivity index (χ0n) is 7.09. The summed E-state index contributed by atoms with van der Waals surface area (Å²) in [7, 11) is 0. The first kappa shape index (κ1) is 8.57. The summed E-state index contributed by atoms with van der Waals surface area (Å²) in [6.07, 6.45) is 1.78. The Hall–Kier alpha value is -1.02. The van der Waals surface area contributed by atoms with Crippen molar-refractivity contribution in [3.8, 4) is 0 Å². The highest BCUT2D eigenvalue weighted by Crippen LogP contribution is 2.27. The maximum atomic E-state index is 10.5. The number of hydrogen-bond donors (Lipinski definition) is 1. The van der Waals surface area contributed by atoms with Gasteiger partial charge in [-0.2, -0.15) is 0 Å². The van der Waals surface area contributed by atoms with Gasteiger partial charge in [0.15, 0.2) is 0 Å². The maximum absolute atomic E-state index is 10.5. The van der Waals surface area contributed by atoms with Crippen molar-refractivity contribution in [3.63, 3.8) is 0 Å². The molecule has 1 unspecified atom stereocenters. The number of aldehydes is 1. The number of nitrogens with one attached hydrogen (secondary N) is 1. The first-order valence-electron chi connectivity index (χ1n) is 4.27. The number of carbonyl (C=O) groups excluding carboxylic acids is 1. The van der Waals surface area contributed by atoms with Gasteiger partial charge >= 0.3 is 0 Å². The van der Waals surface area contributed by atoms with Crippen LogP contribution < -0.4 is 5.32 Å². The van der Waals surface area contributed by atoms with Crippen LogP contribution in [0, 0.1) is 0 Å². The largest absolute Gasteiger partial charge is 0.384 e. The van der Waals surface area contributed by atoms with Crippen molar-refractivity contribution in [1.82, 2.24) is 0 Å². The second-order valence-corrected chi connectivity index (χ2v) is 3.60. The first-order valence-corrected chi connectivity index (χ1v) is 4.71. The molecule has 3 heteroatoms. The topological polar surface area (TPSA) is 29.1 Å². The van der Waals surface area contributed by atoms with Crippen molar-refractivity contribution in [3.05, 3.63) is 29.3 Å². The van der Waals surface area contributed by atoms with Crippen LogP contribution in [0.15, 0.2) is 18.2 Å². The van der Waals surface area contributed by atoms with Crippen LogP contribution in [-0.4, -0.2) is 12.8 Å². The number of halogens is 1. The first-order chi connectivity index (χ1) is 6.31. The van der Waals surface area contributed by atoms with Crippen molar-refractivity contribution in [2.24, 2.45) is 0 Å². The number of carbonyl (C=O) groups is 1. The van der Waals surface area contributed by atoms with Gasteiger partial charge < -0.3 is 10.1 Å². The van der Waals surface area contributed by atoms with Gasteiger partial charge in [0.1, 0.15) is 11.7 Å². The van der Waals surface area contributed by atoms with Crippen LogP contribution in [0.25, 0.3) is 0 Å². The summed E-state index contributed by atoms with van der Waals surface area (Å²) in [6.45, 7) is 0.979. The molecule has 2 nitrogen and oxygen atoms in total. The molecule has 0 amide bonds. The minimum atomic E-state index is -0.508. The molecule has 1 atom stereocenters. The average Bonchev–Trinajstić information content (AvgIpc) is 2.63. The van der Waals surface area contributed by atoms with Crippen molar-refractivity contribution in [2.45, 2.75) is 11.8 Å². The van der Waals surface area contributed by atoms with E-state index in [1.165, 1.54) is 11.3 Å². The zero-order valence-corrected chi connectivity index (χ0v) is 7.84. The van der Waals surface area contributed by atoms with Crippen molar-refractivity contribution in [2.75, 3.05) is 11.9 Å². The number of benzene rings is 1. The molecule has 0 spiro atoms. The number of rotatable bonds is 2. The Morgan fingerprint density at radius 1 is 1.54 bits per heavy atom. The van der Waals surface area contributed by atoms with Gasteiger partial charge in [-0.1, -0.05) is 12.1 Å². The third kappa shape index (κ3) is 1.54. The number of hydrogen-bond acceptors (Lipinski definition) is 2. The van der Waals surface area contributed by atoms with Crippen molar-refractivity contribution in [1.29, 1.82) is 0 Å². The van der Waals surface area contributed by atoms with Crippen LogP contribution in [0.3, 0.4) is 0 Å². The summed E-state index contributed by atoms with van der Waals surface area (Å²) in [5.74, 6) is 0. The fourth-order valence-electron chi connectivity index (χ4n) is 1.57. The van der Waals surface area contributed by atoms with E-state index in [0.717, 1.165) is 24.8 Å².